The summed E-state index contributed by atoms with van der Waals surface area (Å²) < 4.78 is 85.3. The van der Waals surface area contributed by atoms with Gasteiger partial charge in [-0.3, -0.25) is 14.3 Å². The van der Waals surface area contributed by atoms with Gasteiger partial charge in [0, 0.05) is 5.69 Å². The molecule has 0 spiro atoms. The molecule has 216 valence electrons. The molecule has 39 heavy (non-hydrogen) atoms. The molecule has 0 aliphatic carbocycles. The van der Waals surface area contributed by atoms with Crippen LogP contribution in [0.4, 0.5) is 27.6 Å². The number of sulfonamides is 1. The first-order valence-electron chi connectivity index (χ1n) is 10.4. The molecule has 0 atom stereocenters. The van der Waals surface area contributed by atoms with E-state index in [1.807, 2.05) is 0 Å². The first-order valence-corrected chi connectivity index (χ1v) is 12.0. The highest BCUT2D eigenvalue weighted by atomic mass is 32.2. The van der Waals surface area contributed by atoms with Crippen molar-refractivity contribution in [3.8, 4) is 0 Å². The van der Waals surface area contributed by atoms with Gasteiger partial charge < -0.3 is 31.7 Å². The van der Waals surface area contributed by atoms with Gasteiger partial charge >= 0.3 is 12.1 Å². The van der Waals surface area contributed by atoms with Crippen LogP contribution in [0.5, 0.6) is 0 Å². The van der Waals surface area contributed by atoms with Crippen LogP contribution in [0.2, 0.25) is 0 Å². The number of aromatic nitrogens is 1. The minimum absolute atomic E-state index is 0.0221. The fourth-order valence-corrected chi connectivity index (χ4v) is 3.87. The number of carboxylic acid groups (broad SMARTS) is 1. The van der Waals surface area contributed by atoms with Gasteiger partial charge in [-0.15, -0.1) is 0 Å². The van der Waals surface area contributed by atoms with Crippen LogP contribution in [-0.4, -0.2) is 55.7 Å². The summed E-state index contributed by atoms with van der Waals surface area (Å²) in [4.78, 5) is 40.6. The van der Waals surface area contributed by atoms with Gasteiger partial charge in [-0.05, 0) is 41.4 Å². The van der Waals surface area contributed by atoms with Crippen LogP contribution < -0.4 is 27.1 Å². The van der Waals surface area contributed by atoms with Crippen molar-refractivity contribution in [1.82, 2.24) is 10.3 Å². The Morgan fingerprint density at radius 1 is 1.15 bits per heavy atom. The number of nitrogens with two attached hydrogens (primary N) is 2. The van der Waals surface area contributed by atoms with Gasteiger partial charge in [0.15, 0.2) is 11.6 Å². The Kier molecular flexibility index (Phi) is 11.6. The number of pyridine rings is 1. The Labute approximate surface area is 217 Å². The molecule has 0 saturated heterocycles. The van der Waals surface area contributed by atoms with Crippen molar-refractivity contribution in [2.75, 3.05) is 17.9 Å². The number of carbonyl (C=O) groups is 2. The van der Waals surface area contributed by atoms with Gasteiger partial charge in [-0.1, -0.05) is 6.07 Å². The molecule has 0 unspecified atom stereocenters. The lowest BCUT2D eigenvalue weighted by atomic mass is 10.1. The number of rotatable bonds is 10. The Balaban J connectivity index is 0.000000956. The van der Waals surface area contributed by atoms with Crippen LogP contribution in [0.15, 0.2) is 34.2 Å². The second-order valence-corrected chi connectivity index (χ2v) is 9.19. The number of hydrogen-bond acceptors (Lipinski definition) is 7. The number of hydrogen-bond donors (Lipinski definition) is 6. The first kappa shape index (κ1) is 32.6. The molecule has 1 heterocycles. The van der Waals surface area contributed by atoms with E-state index >= 15 is 0 Å². The van der Waals surface area contributed by atoms with E-state index in [1.165, 1.54) is 6.07 Å². The third-order valence-corrected chi connectivity index (χ3v) is 5.36. The molecule has 2 rings (SSSR count). The summed E-state index contributed by atoms with van der Waals surface area (Å²) in [5.41, 5.74) is 9.54. The number of alkyl halides is 3. The molecule has 0 radical (unpaired) electrons. The van der Waals surface area contributed by atoms with E-state index in [9.17, 15) is 40.0 Å². The third kappa shape index (κ3) is 12.1. The minimum Gasteiger partial charge on any atom is -0.475 e. The fraction of sp³-hybridized carbons (Fsp3) is 0.300. The van der Waals surface area contributed by atoms with Crippen molar-refractivity contribution in [2.24, 2.45) is 16.6 Å². The number of nitrogens with one attached hydrogen (secondary N) is 3. The molecule has 1 aromatic heterocycles. The summed E-state index contributed by atoms with van der Waals surface area (Å²) in [7, 11) is -4.19. The number of anilines is 1. The van der Waals surface area contributed by atoms with Crippen molar-refractivity contribution in [1.29, 1.82) is 0 Å². The molecular formula is C20H23F5N6O7S. The number of aromatic amines is 1. The Morgan fingerprint density at radius 3 is 2.31 bits per heavy atom. The Morgan fingerprint density at radius 2 is 1.77 bits per heavy atom. The number of carbonyl (C=O) groups excluding carboxylic acids is 1. The van der Waals surface area contributed by atoms with Gasteiger partial charge in [0.1, 0.15) is 12.3 Å². The Bertz CT molecular complexity index is 1380. The number of H-pyrrole nitrogens is 1. The normalized spacial score (nSPS) is 11.0. The predicted molar refractivity (Wildman–Crippen MR) is 127 cm³/mol. The predicted octanol–water partition coefficient (Wildman–Crippen LogP) is 0.400. The minimum atomic E-state index is -5.08. The molecule has 19 heteroatoms. The molecule has 0 fully saturated rings. The van der Waals surface area contributed by atoms with Crippen LogP contribution in [0.1, 0.15) is 16.8 Å². The van der Waals surface area contributed by atoms with Crippen molar-refractivity contribution in [3.63, 3.8) is 0 Å². The fourth-order valence-electron chi connectivity index (χ4n) is 2.64. The summed E-state index contributed by atoms with van der Waals surface area (Å²) in [5, 5.41) is 12.9. The number of benzene rings is 1. The molecule has 0 saturated carbocycles. The average Bonchev–Trinajstić information content (AvgIpc) is 2.78. The van der Waals surface area contributed by atoms with E-state index in [4.69, 9.17) is 26.2 Å². The number of aryl methyl sites for hydroxylation is 1. The number of amides is 1. The first-order chi connectivity index (χ1) is 17.9. The van der Waals surface area contributed by atoms with Gasteiger partial charge in [-0.2, -0.15) is 13.2 Å². The molecule has 2 aromatic rings. The SMILES string of the molecule is Cc1cc(CC(=O)NCCON=C(N)N)c(NS(=O)(=O)Cc2ccc(F)c(F)c2)c(=O)[nH]1.O=C(O)C(F)(F)F. The largest absolute Gasteiger partial charge is 0.490 e. The number of oxime groups is 1. The lowest BCUT2D eigenvalue weighted by Gasteiger charge is -2.13. The summed E-state index contributed by atoms with van der Waals surface area (Å²) >= 11 is 0. The second kappa shape index (κ2) is 13.9. The molecule has 8 N–H and O–H groups in total. The van der Waals surface area contributed by atoms with Crippen molar-refractivity contribution < 1.29 is 49.9 Å². The molecule has 13 nitrogen and oxygen atoms in total. The summed E-state index contributed by atoms with van der Waals surface area (Å²) in [6, 6.07) is 4.08. The maximum absolute atomic E-state index is 13.4. The van der Waals surface area contributed by atoms with E-state index in [-0.39, 0.29) is 42.3 Å². The van der Waals surface area contributed by atoms with E-state index in [2.05, 4.69) is 20.2 Å². The summed E-state index contributed by atoms with van der Waals surface area (Å²) in [6.45, 7) is 1.59. The number of nitrogens with zero attached hydrogens (tertiary/aromatic N) is 1. The topological polar surface area (TPSA) is 219 Å². The van der Waals surface area contributed by atoms with Gasteiger partial charge in [0.2, 0.25) is 21.9 Å². The maximum atomic E-state index is 13.4. The molecular weight excluding hydrogens is 563 g/mol. The zero-order valence-electron chi connectivity index (χ0n) is 19.9. The van der Waals surface area contributed by atoms with Crippen LogP contribution in [0.25, 0.3) is 0 Å². The zero-order chi connectivity index (χ0) is 30.0. The van der Waals surface area contributed by atoms with Gasteiger partial charge in [0.05, 0.1) is 18.7 Å². The summed E-state index contributed by atoms with van der Waals surface area (Å²) in [5.74, 6) is -6.60. The monoisotopic (exact) mass is 586 g/mol. The number of halogens is 5. The number of guanidine groups is 1. The highest BCUT2D eigenvalue weighted by Gasteiger charge is 2.38. The maximum Gasteiger partial charge on any atom is 0.490 e. The third-order valence-electron chi connectivity index (χ3n) is 4.13. The van der Waals surface area contributed by atoms with Crippen molar-refractivity contribution in [3.05, 3.63) is 63.1 Å². The van der Waals surface area contributed by atoms with Gasteiger partial charge in [0.25, 0.3) is 5.56 Å². The standard InChI is InChI=1S/C18H22F2N6O5S.C2HF3O2/c1-10-6-12(8-15(27)23-4-5-31-25-18(21)22)16(17(28)24-10)26-32(29,30)9-11-2-3-13(19)14(20)7-11;3-2(4,5)1(6)7/h2-3,6-7,26H,4-5,8-9H2,1H3,(H,23,27)(H,24,28)(H4,21,22,25);(H,6,7). The van der Waals surface area contributed by atoms with Crippen molar-refractivity contribution >= 4 is 33.5 Å². The van der Waals surface area contributed by atoms with Crippen LogP contribution >= 0.6 is 0 Å². The van der Waals surface area contributed by atoms with E-state index in [0.717, 1.165) is 18.2 Å². The van der Waals surface area contributed by atoms with E-state index in [0.29, 0.717) is 5.69 Å². The second-order valence-electron chi connectivity index (χ2n) is 7.47. The highest BCUT2D eigenvalue weighted by molar-refractivity contribution is 7.91. The quantitative estimate of drug-likeness (QED) is 0.0745. The number of carboxylic acids is 1. The Hall–Kier alpha value is -4.42. The highest BCUT2D eigenvalue weighted by Crippen LogP contribution is 2.17. The van der Waals surface area contributed by atoms with Crippen molar-refractivity contribution in [2.45, 2.75) is 25.3 Å². The smallest absolute Gasteiger partial charge is 0.475 e. The molecule has 1 aromatic carbocycles. The average molecular weight is 586 g/mol. The molecule has 0 bridgehead atoms. The van der Waals surface area contributed by atoms with Crippen LogP contribution in [-0.2, 0) is 36.6 Å². The molecule has 1 amide bonds. The number of aliphatic carboxylic acids is 1. The van der Waals surface area contributed by atoms with Crippen LogP contribution in [0.3, 0.4) is 0 Å². The van der Waals surface area contributed by atoms with Gasteiger partial charge in [-0.25, -0.2) is 22.0 Å². The molecule has 0 aliphatic heterocycles. The van der Waals surface area contributed by atoms with E-state index < -0.39 is 51.0 Å². The molecule has 0 aliphatic rings. The lowest BCUT2D eigenvalue weighted by Crippen LogP contribution is -2.30. The van der Waals surface area contributed by atoms with E-state index in [1.54, 1.807) is 6.92 Å². The van der Waals surface area contributed by atoms with Crippen LogP contribution in [0, 0.1) is 18.6 Å². The zero-order valence-corrected chi connectivity index (χ0v) is 20.8. The summed E-state index contributed by atoms with van der Waals surface area (Å²) in [6.07, 6.45) is -5.41. The lowest BCUT2D eigenvalue weighted by molar-refractivity contribution is -0.192.